The average Bonchev–Trinajstić information content (AvgIpc) is 2.97. The number of hydrogen-bond acceptors (Lipinski definition) is 2. The second kappa shape index (κ2) is 57.7. The van der Waals surface area contributed by atoms with Gasteiger partial charge >= 0.3 is 23.9 Å². The van der Waals surface area contributed by atoms with Crippen molar-refractivity contribution in [1.82, 2.24) is 0 Å². The van der Waals surface area contributed by atoms with Crippen molar-refractivity contribution in [2.75, 3.05) is 11.5 Å². The Morgan fingerprint density at radius 2 is 0.422 bits per heavy atom. The molecule has 0 N–H and O–H groups in total. The number of hydrogen-bond donors (Lipinski definition) is 0. The van der Waals surface area contributed by atoms with Gasteiger partial charge in [0.05, 0.1) is 0 Å². The Morgan fingerprint density at radius 1 is 0.311 bits per heavy atom. The van der Waals surface area contributed by atoms with Crippen molar-refractivity contribution in [3.05, 3.63) is 13.8 Å². The molecule has 3 heteroatoms. The van der Waals surface area contributed by atoms with Crippen LogP contribution in [0, 0.1) is 25.7 Å². The summed E-state index contributed by atoms with van der Waals surface area (Å²) in [5.41, 5.74) is 0. The maximum absolute atomic E-state index is 4.95. The summed E-state index contributed by atoms with van der Waals surface area (Å²) >= 11 is 9.89. The predicted octanol–water partition coefficient (Wildman–Crippen LogP) is 15.4. The van der Waals surface area contributed by atoms with Crippen molar-refractivity contribution < 1.29 is 0 Å². The van der Waals surface area contributed by atoms with E-state index in [9.17, 15) is 0 Å². The van der Waals surface area contributed by atoms with E-state index in [0.717, 1.165) is 11.5 Å². The van der Waals surface area contributed by atoms with Gasteiger partial charge in [0.2, 0.25) is 0 Å². The minimum atomic E-state index is 0. The van der Waals surface area contributed by atoms with E-state index in [2.05, 4.69) is 55.4 Å². The third-order valence-corrected chi connectivity index (χ3v) is 8.07. The second-order valence-electron chi connectivity index (χ2n) is 14.1. The Morgan fingerprint density at radius 3 is 0.533 bits per heavy atom. The average molecular weight is 776 g/mol. The van der Waals surface area contributed by atoms with Gasteiger partial charge in [0, 0.05) is 0 Å². The molecule has 0 aromatic carbocycles. The molecule has 45 heavy (non-hydrogen) atoms. The Kier molecular flexibility index (Phi) is 71.7. The molecule has 0 aliphatic carbocycles. The predicted molar refractivity (Wildman–Crippen MR) is 220 cm³/mol. The van der Waals surface area contributed by atoms with Gasteiger partial charge in [-0.15, -0.1) is 0 Å². The fourth-order valence-electron chi connectivity index (χ4n) is 4.95. The summed E-state index contributed by atoms with van der Waals surface area (Å²) in [7, 11) is 0. The van der Waals surface area contributed by atoms with E-state index >= 15 is 0 Å². The first-order chi connectivity index (χ1) is 21.3. The summed E-state index contributed by atoms with van der Waals surface area (Å²) in [6.07, 6.45) is 43.0. The fraction of sp³-hybridized carbons (Fsp3) is 0.952. The van der Waals surface area contributed by atoms with Gasteiger partial charge in [0.25, 0.3) is 0 Å². The first kappa shape index (κ1) is 55.9. The van der Waals surface area contributed by atoms with E-state index in [1.54, 1.807) is 0 Å². The van der Waals surface area contributed by atoms with Crippen LogP contribution in [0.25, 0.3) is 0 Å². The zero-order valence-corrected chi connectivity index (χ0v) is 37.0. The Balaban J connectivity index is -0.000000187. The molecular formula is C42H88S2Sn. The van der Waals surface area contributed by atoms with Gasteiger partial charge in [-0.3, -0.25) is 0 Å². The van der Waals surface area contributed by atoms with E-state index in [-0.39, 0.29) is 23.9 Å². The normalized spacial score (nSPS) is 10.4. The molecule has 0 unspecified atom stereocenters. The van der Waals surface area contributed by atoms with Crippen molar-refractivity contribution in [2.45, 2.75) is 234 Å². The molecule has 272 valence electrons. The van der Waals surface area contributed by atoms with Crippen LogP contribution in [0.2, 0.25) is 0 Å². The van der Waals surface area contributed by atoms with Crippen molar-refractivity contribution >= 4 is 49.2 Å². The molecular weight excluding hydrogens is 687 g/mol. The molecule has 4 radical (unpaired) electrons. The van der Waals surface area contributed by atoms with Crippen LogP contribution in [0.15, 0.2) is 0 Å². The molecule has 0 aliphatic heterocycles. The molecule has 0 spiro atoms. The zero-order chi connectivity index (χ0) is 33.8. The molecule has 0 bridgehead atoms. The third-order valence-electron chi connectivity index (χ3n) is 7.50. The van der Waals surface area contributed by atoms with Crippen LogP contribution in [0.5, 0.6) is 0 Å². The topological polar surface area (TPSA) is 0 Å². The largest absolute Gasteiger partial charge is 2.00 e. The molecule has 0 rings (SSSR count). The van der Waals surface area contributed by atoms with Gasteiger partial charge in [-0.2, -0.15) is 11.5 Å². The Labute approximate surface area is 318 Å². The summed E-state index contributed by atoms with van der Waals surface area (Å²) in [6.45, 7) is 20.1. The van der Waals surface area contributed by atoms with Crippen LogP contribution in [-0.2, 0) is 25.3 Å². The number of rotatable bonds is 30. The standard InChI is InChI=1S/2C17H36S.2C4H9.Sn/c2*1-2-3-4-5-6-7-8-9-10-11-12-13-14-15-16-17-18;2*1-4(2)3;/h2*18H,2-17H2,1H3;2*4H,1H2,2-3H3;/q;;;;+2/p-2. The molecule has 0 aromatic heterocycles. The van der Waals surface area contributed by atoms with Gasteiger partial charge < -0.3 is 25.3 Å². The van der Waals surface area contributed by atoms with Gasteiger partial charge in [-0.1, -0.05) is 248 Å². The second-order valence-corrected chi connectivity index (χ2v) is 14.9. The minimum Gasteiger partial charge on any atom is -0.793 e. The summed E-state index contributed by atoms with van der Waals surface area (Å²) in [6, 6.07) is 0. The number of unbranched alkanes of at least 4 members (excludes halogenated alkanes) is 28. The van der Waals surface area contributed by atoms with Gasteiger partial charge in [0.1, 0.15) is 0 Å². The molecule has 0 saturated heterocycles. The molecule has 0 nitrogen and oxygen atoms in total. The first-order valence-electron chi connectivity index (χ1n) is 20.1. The molecule has 0 saturated carbocycles. The van der Waals surface area contributed by atoms with Crippen LogP contribution in [0.3, 0.4) is 0 Å². The Hall–Kier alpha value is 1.50. The maximum atomic E-state index is 4.95. The van der Waals surface area contributed by atoms with E-state index in [0.29, 0.717) is 11.8 Å². The molecule has 0 aromatic rings. The summed E-state index contributed by atoms with van der Waals surface area (Å²) in [5, 5.41) is 0. The summed E-state index contributed by atoms with van der Waals surface area (Å²) in [5.74, 6) is 3.08. The smallest absolute Gasteiger partial charge is 0.793 e. The summed E-state index contributed by atoms with van der Waals surface area (Å²) < 4.78 is 0. The SMILES string of the molecule is CCCCCCCCCCCCCCCCC[S-].CCCCCCCCCCCCCCCCC[S-].[CH2]C(C)C.[CH2]C(C)C.[Sn+2]. The molecule has 0 aliphatic rings. The van der Waals surface area contributed by atoms with Crippen LogP contribution < -0.4 is 0 Å². The Bertz CT molecular complexity index is 338. The molecule has 0 fully saturated rings. The fourth-order valence-corrected chi connectivity index (χ4v) is 5.36. The van der Waals surface area contributed by atoms with E-state index in [4.69, 9.17) is 25.3 Å². The molecule has 0 atom stereocenters. The van der Waals surface area contributed by atoms with E-state index < -0.39 is 0 Å². The third kappa shape index (κ3) is 86.8. The van der Waals surface area contributed by atoms with Crippen LogP contribution in [-0.4, -0.2) is 35.4 Å². The zero-order valence-electron chi connectivity index (χ0n) is 32.5. The van der Waals surface area contributed by atoms with Gasteiger partial charge in [0.15, 0.2) is 0 Å². The van der Waals surface area contributed by atoms with E-state index in [1.807, 2.05) is 0 Å². The van der Waals surface area contributed by atoms with E-state index in [1.165, 1.54) is 193 Å². The molecule has 0 amide bonds. The maximum Gasteiger partial charge on any atom is 2.00 e. The first-order valence-corrected chi connectivity index (χ1v) is 21.3. The van der Waals surface area contributed by atoms with Gasteiger partial charge in [-0.25, -0.2) is 0 Å². The monoisotopic (exact) mass is 777 g/mol. The van der Waals surface area contributed by atoms with Crippen molar-refractivity contribution in [2.24, 2.45) is 11.8 Å². The quantitative estimate of drug-likeness (QED) is 0.0405. The van der Waals surface area contributed by atoms with Crippen molar-refractivity contribution in [3.63, 3.8) is 0 Å². The van der Waals surface area contributed by atoms with Crippen LogP contribution in [0.1, 0.15) is 234 Å². The van der Waals surface area contributed by atoms with Gasteiger partial charge in [-0.05, 0) is 11.8 Å². The van der Waals surface area contributed by atoms with Crippen LogP contribution >= 0.6 is 0 Å². The molecule has 0 heterocycles. The minimum absolute atomic E-state index is 0. The van der Waals surface area contributed by atoms with Crippen molar-refractivity contribution in [3.8, 4) is 0 Å². The summed E-state index contributed by atoms with van der Waals surface area (Å²) in [4.78, 5) is 0. The van der Waals surface area contributed by atoms with Crippen LogP contribution in [0.4, 0.5) is 0 Å². The van der Waals surface area contributed by atoms with Crippen molar-refractivity contribution in [1.29, 1.82) is 0 Å².